The van der Waals surface area contributed by atoms with E-state index in [1.54, 1.807) is 13.0 Å². The monoisotopic (exact) mass is 1610 g/mol. The maximum absolute atomic E-state index is 11.0. The second kappa shape index (κ2) is 45.2. The second-order valence-electron chi connectivity index (χ2n) is 35.4. The molecular weight excluding hydrogens is 1490 g/mol. The fraction of sp³-hybridized carbons (Fsp3) is 0.462. The predicted octanol–water partition coefficient (Wildman–Crippen LogP) is 21.0. The molecule has 0 aromatic heterocycles. The quantitative estimate of drug-likeness (QED) is 0.00989. The van der Waals surface area contributed by atoms with Gasteiger partial charge in [-0.15, -0.1) is 6.42 Å². The van der Waals surface area contributed by atoms with Crippen LogP contribution in [0.15, 0.2) is 96.9 Å². The molecule has 2 saturated heterocycles. The Hall–Kier alpha value is -10.8. The molecule has 0 spiro atoms. The van der Waals surface area contributed by atoms with Crippen molar-refractivity contribution < 1.29 is 37.5 Å². The first kappa shape index (κ1) is 94.3. The number of hydrogen-bond acceptors (Lipinski definition) is 11. The Labute approximate surface area is 711 Å². The van der Waals surface area contributed by atoms with Crippen LogP contribution < -0.4 is 14.4 Å². The number of hydrogen-bond donors (Lipinski definition) is 0. The van der Waals surface area contributed by atoms with Crippen LogP contribution in [0.25, 0.3) is 22.6 Å². The van der Waals surface area contributed by atoms with Gasteiger partial charge in [0.2, 0.25) is 16.6 Å². The lowest BCUT2D eigenvalue weighted by Gasteiger charge is -2.57. The van der Waals surface area contributed by atoms with Gasteiger partial charge in [0.05, 0.1) is 32.0 Å². The minimum Gasteiger partial charge on any atom is -0.494 e. The van der Waals surface area contributed by atoms with E-state index in [4.69, 9.17) is 45.7 Å². The first-order chi connectivity index (χ1) is 56.2. The lowest BCUT2D eigenvalue weighted by Crippen LogP contribution is -2.65. The van der Waals surface area contributed by atoms with Crippen LogP contribution in [0.3, 0.4) is 0 Å². The molecular formula is C104H118N4O8Si2. The molecule has 8 rings (SSSR count). The van der Waals surface area contributed by atoms with Crippen LogP contribution in [0.1, 0.15) is 234 Å². The number of terminal acetylenes is 1. The van der Waals surface area contributed by atoms with E-state index in [2.05, 4.69) is 382 Å². The Morgan fingerprint density at radius 3 is 1.23 bits per heavy atom. The fourth-order valence-electron chi connectivity index (χ4n) is 14.8. The molecule has 0 radical (unpaired) electrons. The topological polar surface area (TPSA) is 95.8 Å². The van der Waals surface area contributed by atoms with Crippen LogP contribution in [0.2, 0.25) is 36.3 Å². The van der Waals surface area contributed by atoms with Crippen molar-refractivity contribution in [3.05, 3.63) is 136 Å². The van der Waals surface area contributed by atoms with Crippen molar-refractivity contribution in [2.45, 2.75) is 283 Å². The zero-order valence-electron chi connectivity index (χ0n) is 73.3. The van der Waals surface area contributed by atoms with Crippen molar-refractivity contribution in [2.75, 3.05) is 31.3 Å². The van der Waals surface area contributed by atoms with E-state index < -0.39 is 16.6 Å². The van der Waals surface area contributed by atoms with Crippen molar-refractivity contribution in [1.82, 2.24) is 10.1 Å². The molecule has 14 heteroatoms. The molecule has 4 aromatic rings. The first-order valence-electron chi connectivity index (χ1n) is 41.2. The summed E-state index contributed by atoms with van der Waals surface area (Å²) in [6.45, 7) is 54.1. The highest BCUT2D eigenvalue weighted by Gasteiger charge is 2.53. The van der Waals surface area contributed by atoms with E-state index in [0.717, 1.165) is 155 Å². The Morgan fingerprint density at radius 1 is 0.492 bits per heavy atom. The summed E-state index contributed by atoms with van der Waals surface area (Å²) < 4.78 is 44.7. The summed E-state index contributed by atoms with van der Waals surface area (Å²) in [7, 11) is -3.97. The van der Waals surface area contributed by atoms with Gasteiger partial charge in [0.1, 0.15) is 11.5 Å². The number of nitrogens with zero attached hydrogens (tertiary/aromatic N) is 4. The van der Waals surface area contributed by atoms with Crippen molar-refractivity contribution >= 4 is 52.2 Å². The molecule has 4 aliphatic rings. The number of rotatable bonds is 29. The number of benzene rings is 4. The molecule has 3 aliphatic heterocycles. The molecule has 3 heterocycles. The molecule has 610 valence electrons. The molecule has 1 aliphatic carbocycles. The fourth-order valence-corrected chi connectivity index (χ4v) is 17.3. The van der Waals surface area contributed by atoms with Crippen molar-refractivity contribution in [1.29, 1.82) is 0 Å². The van der Waals surface area contributed by atoms with Crippen molar-refractivity contribution in [3.8, 4) is 166 Å². The number of piperidine rings is 2. The summed E-state index contributed by atoms with van der Waals surface area (Å²) in [5.74, 6) is 64.0. The molecule has 2 unspecified atom stereocenters. The van der Waals surface area contributed by atoms with E-state index in [9.17, 15) is 4.79 Å². The third kappa shape index (κ3) is 29.4. The third-order valence-electron chi connectivity index (χ3n) is 22.2. The molecule has 0 N–H and O–H groups in total. The van der Waals surface area contributed by atoms with Crippen LogP contribution in [0.5, 0.6) is 11.5 Å². The number of ether oxygens (including phenoxy) is 5. The summed E-state index contributed by atoms with van der Waals surface area (Å²) >= 11 is 0. The van der Waals surface area contributed by atoms with Crippen molar-refractivity contribution in [3.63, 3.8) is 0 Å². The van der Waals surface area contributed by atoms with E-state index in [0.29, 0.717) is 31.6 Å². The normalized spacial score (nSPS) is 16.6. The minimum atomic E-state index is -1.98. The van der Waals surface area contributed by atoms with Crippen LogP contribution in [-0.2, 0) is 28.1 Å². The summed E-state index contributed by atoms with van der Waals surface area (Å²) in [6.07, 6.45) is 25.0. The Bertz CT molecular complexity index is 4950. The molecule has 12 nitrogen and oxygen atoms in total. The Balaban J connectivity index is 0.000000607. The predicted molar refractivity (Wildman–Crippen MR) is 487 cm³/mol. The second-order valence-corrected chi connectivity index (χ2v) is 44.8. The maximum atomic E-state index is 11.0. The average molecular weight is 1610 g/mol. The van der Waals surface area contributed by atoms with Gasteiger partial charge in [-0.3, -0.25) is 4.79 Å². The van der Waals surface area contributed by atoms with Gasteiger partial charge >= 0.3 is 5.88 Å². The smallest absolute Gasteiger partial charge is 0.348 e. The Morgan fingerprint density at radius 2 is 0.864 bits per heavy atom. The lowest BCUT2D eigenvalue weighted by molar-refractivity contribution is -0.248. The maximum Gasteiger partial charge on any atom is 0.348 e. The minimum absolute atomic E-state index is 0.0316. The van der Waals surface area contributed by atoms with E-state index in [1.165, 1.54) is 11.3 Å². The number of hydroxylamine groups is 4. The third-order valence-corrected chi connectivity index (χ3v) is 30.7. The van der Waals surface area contributed by atoms with E-state index in [-0.39, 0.29) is 50.3 Å². The summed E-state index contributed by atoms with van der Waals surface area (Å²) in [5, 5.41) is 4.94. The summed E-state index contributed by atoms with van der Waals surface area (Å²) in [5.41, 5.74) is 8.48. The molecule has 1 saturated carbocycles. The molecule has 4 aromatic carbocycles. The van der Waals surface area contributed by atoms with Gasteiger partial charge in [0.25, 0.3) is 6.47 Å². The first-order valence-corrected chi connectivity index (χ1v) is 47.0. The zero-order chi connectivity index (χ0) is 85.9. The van der Waals surface area contributed by atoms with Crippen LogP contribution >= 0.6 is 0 Å². The number of fused-ring (bicyclic) bond motifs is 3. The van der Waals surface area contributed by atoms with Crippen LogP contribution in [0, 0.1) is 161 Å². The number of unbranched alkanes of at least 4 members (excludes halogenated alkanes) is 6. The molecule has 0 bridgehead atoms. The average Bonchev–Trinajstić information content (AvgIpc) is 1.43. The van der Waals surface area contributed by atoms with Gasteiger partial charge in [-0.05, 0) is 358 Å². The Kier molecular flexibility index (Phi) is 36.2. The summed E-state index contributed by atoms with van der Waals surface area (Å²) in [4.78, 5) is 16.9. The van der Waals surface area contributed by atoms with Gasteiger partial charge < -0.3 is 37.6 Å². The number of anilines is 2. The molecule has 2 atom stereocenters. The largest absolute Gasteiger partial charge is 0.494 e. The highest BCUT2D eigenvalue weighted by atomic mass is 28.4. The molecule has 118 heavy (non-hydrogen) atoms. The van der Waals surface area contributed by atoms with Crippen molar-refractivity contribution in [2.24, 2.45) is 0 Å². The standard InChI is InChI=1S/C77H114N4O8Si2.C27H4/c1-72(2,3)90(16,17)88-80-74(7,8)52-64(53-75(80,9)10)85-47-26-22-20-24-45-83-62-40-34-59(35-41-62)67(49-57-31-38-61(39-32-57)79-69-30-28-29-66(69)68-50-58(33-44-70(68)79)51-71(78-15)87-56-82)60-36-42-63(43-37-60)84-46-25-21-23-27-48-86-65-54-76(11,12)81(77(13,14)55-65)89-91(18,19)73(4,5)6;1-3-5-7-9-11-13-15-17-19-21-23-25-27-26-24-22-20-18-16-14-12-10-8-6-4-2/h31-44,49-51,56,64-66,69H,20-30,45-48,52-55H2,1-14,16-19H3;1H,2H3/b71-51-;. The molecule has 3 fully saturated rings. The van der Waals surface area contributed by atoms with Gasteiger partial charge in [-0.2, -0.15) is 15.0 Å². The van der Waals surface area contributed by atoms with Gasteiger partial charge in [-0.1, -0.05) is 115 Å². The number of carbonyl (C=O) groups is 1. The van der Waals surface area contributed by atoms with Gasteiger partial charge in [-0.25, -0.2) is 0 Å². The molecule has 0 amide bonds. The SMILES string of the molecule is C#CC#CC#CC#CC#CC#CC#CC#CC#CC#CC#CC#CC#CC.[C-]#[N+]/C(=C/c1ccc2c(c1)C1CCCC1N2c1ccc(C=C(c2ccc(OCCCCCCOC3CC(C)(C)N(O[Si](C)(C)C(C)(C)C)C(C)(C)C3)cc2)c2ccc(OCCCCCCOC3CC(C)(C)N(O[Si](C)(C)C(C)(C)C)C(C)(C)C3)cc2)cc1)OC=O. The van der Waals surface area contributed by atoms with E-state index in [1.807, 2.05) is 6.07 Å². The van der Waals surface area contributed by atoms with E-state index >= 15 is 0 Å². The lowest BCUT2D eigenvalue weighted by atomic mass is 9.80. The highest BCUT2D eigenvalue weighted by molar-refractivity contribution is 6.74. The van der Waals surface area contributed by atoms with Gasteiger partial charge in [0, 0.05) is 106 Å². The zero-order valence-corrected chi connectivity index (χ0v) is 75.3. The van der Waals surface area contributed by atoms with Crippen LogP contribution in [-0.4, -0.2) is 100 Å². The van der Waals surface area contributed by atoms with Gasteiger partial charge in [0.15, 0.2) is 0 Å². The summed E-state index contributed by atoms with van der Waals surface area (Å²) in [6, 6.07) is 32.8. The number of carbonyl (C=O) groups excluding carboxylic acids is 1. The van der Waals surface area contributed by atoms with Crippen LogP contribution in [0.4, 0.5) is 11.4 Å². The highest BCUT2D eigenvalue weighted by Crippen LogP contribution is 2.53.